The van der Waals surface area contributed by atoms with Gasteiger partial charge < -0.3 is 9.80 Å². The van der Waals surface area contributed by atoms with Gasteiger partial charge in [0.25, 0.3) is 0 Å². The fourth-order valence-corrected chi connectivity index (χ4v) is 2.98. The van der Waals surface area contributed by atoms with E-state index >= 15 is 0 Å². The third-order valence-electron chi connectivity index (χ3n) is 4.28. The van der Waals surface area contributed by atoms with Crippen LogP contribution in [0, 0.1) is 6.92 Å². The van der Waals surface area contributed by atoms with Gasteiger partial charge in [-0.3, -0.25) is 4.98 Å². The molecule has 116 valence electrons. The van der Waals surface area contributed by atoms with Gasteiger partial charge in [0.1, 0.15) is 11.5 Å². The molecule has 0 amide bonds. The molecule has 0 saturated carbocycles. The van der Waals surface area contributed by atoms with E-state index in [1.807, 2.05) is 31.2 Å². The molecule has 0 N–H and O–H groups in total. The average molecular weight is 297 g/mol. The summed E-state index contributed by atoms with van der Waals surface area (Å²) in [7, 11) is 4.31. The van der Waals surface area contributed by atoms with Gasteiger partial charge in [-0.15, -0.1) is 0 Å². The molecule has 0 bridgehead atoms. The highest BCUT2D eigenvalue weighted by Gasteiger charge is 2.22. The molecule has 1 aliphatic heterocycles. The van der Waals surface area contributed by atoms with E-state index in [9.17, 15) is 0 Å². The Morgan fingerprint density at radius 2 is 2.18 bits per heavy atom. The van der Waals surface area contributed by atoms with Crippen LogP contribution in [0.1, 0.15) is 18.5 Å². The Bertz CT molecular complexity index is 628. The van der Waals surface area contributed by atoms with Gasteiger partial charge in [-0.05, 0) is 45.5 Å². The van der Waals surface area contributed by atoms with Crippen molar-refractivity contribution in [3.63, 3.8) is 0 Å². The van der Waals surface area contributed by atoms with Gasteiger partial charge >= 0.3 is 0 Å². The van der Waals surface area contributed by atoms with Crippen molar-refractivity contribution in [3.8, 4) is 11.5 Å². The minimum Gasteiger partial charge on any atom is -0.358 e. The number of likely N-dealkylation sites (N-methyl/N-ethyl adjacent to an activating group) is 2. The van der Waals surface area contributed by atoms with Crippen molar-refractivity contribution in [1.82, 2.24) is 19.9 Å². The van der Waals surface area contributed by atoms with Crippen molar-refractivity contribution in [1.29, 1.82) is 0 Å². The predicted octanol–water partition coefficient (Wildman–Crippen LogP) is 2.38. The Labute approximate surface area is 132 Å². The molecular formula is C17H23N5. The van der Waals surface area contributed by atoms with E-state index in [1.165, 1.54) is 19.4 Å². The zero-order valence-corrected chi connectivity index (χ0v) is 13.5. The third-order valence-corrected chi connectivity index (χ3v) is 4.28. The summed E-state index contributed by atoms with van der Waals surface area (Å²) < 4.78 is 0. The van der Waals surface area contributed by atoms with E-state index < -0.39 is 0 Å². The molecule has 1 unspecified atom stereocenters. The minimum absolute atomic E-state index is 0.610. The first-order valence-electron chi connectivity index (χ1n) is 7.82. The van der Waals surface area contributed by atoms with E-state index in [0.717, 1.165) is 23.8 Å². The molecule has 0 radical (unpaired) electrons. The molecule has 1 saturated heterocycles. The van der Waals surface area contributed by atoms with Crippen LogP contribution in [0.4, 0.5) is 5.82 Å². The summed E-state index contributed by atoms with van der Waals surface area (Å²) in [6, 6.07) is 8.47. The number of aryl methyl sites for hydroxylation is 1. The number of rotatable bonds is 4. The SMILES string of the molecule is Cc1cc(N(C)CC2CCCN2C)nc(-c2ccccn2)n1. The first-order chi connectivity index (χ1) is 10.6. The van der Waals surface area contributed by atoms with E-state index in [1.54, 1.807) is 6.20 Å². The summed E-state index contributed by atoms with van der Waals surface area (Å²) in [5, 5.41) is 0. The molecule has 2 aromatic rings. The number of pyridine rings is 1. The quantitative estimate of drug-likeness (QED) is 0.867. The van der Waals surface area contributed by atoms with Gasteiger partial charge in [-0.25, -0.2) is 9.97 Å². The van der Waals surface area contributed by atoms with Crippen molar-refractivity contribution in [2.45, 2.75) is 25.8 Å². The molecule has 3 rings (SSSR count). The molecule has 22 heavy (non-hydrogen) atoms. The smallest absolute Gasteiger partial charge is 0.180 e. The molecule has 0 aromatic carbocycles. The monoisotopic (exact) mass is 297 g/mol. The maximum absolute atomic E-state index is 4.70. The van der Waals surface area contributed by atoms with Crippen molar-refractivity contribution in [2.75, 3.05) is 32.1 Å². The van der Waals surface area contributed by atoms with Gasteiger partial charge in [-0.1, -0.05) is 6.07 Å². The highest BCUT2D eigenvalue weighted by molar-refractivity contribution is 5.53. The summed E-state index contributed by atoms with van der Waals surface area (Å²) in [5.41, 5.74) is 1.79. The minimum atomic E-state index is 0.610. The lowest BCUT2D eigenvalue weighted by molar-refractivity contribution is 0.314. The highest BCUT2D eigenvalue weighted by Crippen LogP contribution is 2.21. The normalized spacial score (nSPS) is 18.6. The fraction of sp³-hybridized carbons (Fsp3) is 0.471. The molecule has 1 fully saturated rings. The number of hydrogen-bond acceptors (Lipinski definition) is 5. The summed E-state index contributed by atoms with van der Waals surface area (Å²) in [4.78, 5) is 18.2. The number of hydrogen-bond donors (Lipinski definition) is 0. The van der Waals surface area contributed by atoms with Crippen LogP contribution in [0.5, 0.6) is 0 Å². The first kappa shape index (κ1) is 14.9. The maximum Gasteiger partial charge on any atom is 0.180 e. The summed E-state index contributed by atoms with van der Waals surface area (Å²) in [6.07, 6.45) is 4.33. The van der Waals surface area contributed by atoms with Gasteiger partial charge in [0.15, 0.2) is 5.82 Å². The Morgan fingerprint density at radius 1 is 1.32 bits per heavy atom. The fourth-order valence-electron chi connectivity index (χ4n) is 2.98. The highest BCUT2D eigenvalue weighted by atomic mass is 15.2. The Balaban J connectivity index is 1.83. The van der Waals surface area contributed by atoms with E-state index in [0.29, 0.717) is 11.9 Å². The van der Waals surface area contributed by atoms with Crippen molar-refractivity contribution in [3.05, 3.63) is 36.2 Å². The summed E-state index contributed by atoms with van der Waals surface area (Å²) >= 11 is 0. The molecule has 0 aliphatic carbocycles. The zero-order valence-electron chi connectivity index (χ0n) is 13.5. The van der Waals surface area contributed by atoms with Crippen LogP contribution in [-0.2, 0) is 0 Å². The Kier molecular flexibility index (Phi) is 4.34. The molecule has 2 aromatic heterocycles. The van der Waals surface area contributed by atoms with E-state index in [-0.39, 0.29) is 0 Å². The number of nitrogens with zero attached hydrogens (tertiary/aromatic N) is 5. The van der Waals surface area contributed by atoms with Crippen LogP contribution >= 0.6 is 0 Å². The Morgan fingerprint density at radius 3 is 2.86 bits per heavy atom. The lowest BCUT2D eigenvalue weighted by Crippen LogP contribution is -2.37. The van der Waals surface area contributed by atoms with Crippen molar-refractivity contribution in [2.24, 2.45) is 0 Å². The lowest BCUT2D eigenvalue weighted by Gasteiger charge is -2.26. The summed E-state index contributed by atoms with van der Waals surface area (Å²) in [5.74, 6) is 1.66. The van der Waals surface area contributed by atoms with Crippen LogP contribution in [-0.4, -0.2) is 53.1 Å². The van der Waals surface area contributed by atoms with Crippen molar-refractivity contribution < 1.29 is 0 Å². The van der Waals surface area contributed by atoms with Gasteiger partial charge in [-0.2, -0.15) is 0 Å². The van der Waals surface area contributed by atoms with Gasteiger partial charge in [0.05, 0.1) is 0 Å². The Hall–Kier alpha value is -2.01. The van der Waals surface area contributed by atoms with Gasteiger partial charge in [0, 0.05) is 37.6 Å². The van der Waals surface area contributed by atoms with E-state index in [2.05, 4.69) is 33.9 Å². The van der Waals surface area contributed by atoms with Crippen LogP contribution < -0.4 is 4.90 Å². The molecule has 1 aliphatic rings. The molecule has 0 spiro atoms. The van der Waals surface area contributed by atoms with Crippen molar-refractivity contribution >= 4 is 5.82 Å². The molecular weight excluding hydrogens is 274 g/mol. The molecule has 5 heteroatoms. The molecule has 5 nitrogen and oxygen atoms in total. The molecule has 1 atom stereocenters. The number of likely N-dealkylation sites (tertiary alicyclic amines) is 1. The average Bonchev–Trinajstić information content (AvgIpc) is 2.92. The van der Waals surface area contributed by atoms with Gasteiger partial charge in [0.2, 0.25) is 0 Å². The van der Waals surface area contributed by atoms with E-state index in [4.69, 9.17) is 4.98 Å². The predicted molar refractivity (Wildman–Crippen MR) is 88.9 cm³/mol. The molecule has 3 heterocycles. The topological polar surface area (TPSA) is 45.2 Å². The largest absolute Gasteiger partial charge is 0.358 e. The second kappa shape index (κ2) is 6.40. The van der Waals surface area contributed by atoms with Crippen LogP contribution in [0.3, 0.4) is 0 Å². The summed E-state index contributed by atoms with van der Waals surface area (Å²) in [6.45, 7) is 4.20. The second-order valence-corrected chi connectivity index (χ2v) is 6.06. The van der Waals surface area contributed by atoms with Crippen LogP contribution in [0.2, 0.25) is 0 Å². The third kappa shape index (κ3) is 3.25. The van der Waals surface area contributed by atoms with Crippen LogP contribution in [0.15, 0.2) is 30.5 Å². The maximum atomic E-state index is 4.70. The number of anilines is 1. The first-order valence-corrected chi connectivity index (χ1v) is 7.82. The van der Waals surface area contributed by atoms with Crippen LogP contribution in [0.25, 0.3) is 11.5 Å². The zero-order chi connectivity index (χ0) is 15.5. The number of aromatic nitrogens is 3. The lowest BCUT2D eigenvalue weighted by atomic mass is 10.2. The standard InChI is InChI=1S/C17H23N5/c1-13-11-16(22(3)12-14-7-6-10-21(14)2)20-17(19-13)15-8-4-5-9-18-15/h4-5,8-9,11,14H,6-7,10,12H2,1-3H3. The second-order valence-electron chi connectivity index (χ2n) is 6.06.